The zero-order valence-corrected chi connectivity index (χ0v) is 11.5. The van der Waals surface area contributed by atoms with Crippen molar-refractivity contribution >= 4 is 33.2 Å². The van der Waals surface area contributed by atoms with Crippen LogP contribution in [-0.4, -0.2) is 4.98 Å². The summed E-state index contributed by atoms with van der Waals surface area (Å²) in [6.07, 6.45) is 2.42. The molecule has 0 aliphatic heterocycles. The first-order valence-electron chi connectivity index (χ1n) is 5.76. The van der Waals surface area contributed by atoms with Gasteiger partial charge in [-0.1, -0.05) is 12.1 Å². The molecule has 92 valence electrons. The molecule has 1 atom stereocenters. The molecule has 4 heteroatoms. The minimum absolute atomic E-state index is 0.0793. The van der Waals surface area contributed by atoms with Crippen LogP contribution in [0.4, 0.5) is 0 Å². The van der Waals surface area contributed by atoms with E-state index in [1.54, 1.807) is 17.6 Å². The van der Waals surface area contributed by atoms with Gasteiger partial charge in [0.2, 0.25) is 0 Å². The largest absolute Gasteiger partial charge is 0.469 e. The molecule has 1 aromatic carbocycles. The number of para-hydroxylation sites is 1. The van der Waals surface area contributed by atoms with Crippen LogP contribution in [0.1, 0.15) is 21.7 Å². The lowest BCUT2D eigenvalue weighted by molar-refractivity contribution is 0.529. The summed E-state index contributed by atoms with van der Waals surface area (Å²) in [5, 5.41) is 0.987. The summed E-state index contributed by atoms with van der Waals surface area (Å²) in [5.74, 6) is 0.885. The summed E-state index contributed by atoms with van der Waals surface area (Å²) in [6.45, 7) is 1.93. The number of hydrogen-bond acceptors (Lipinski definition) is 3. The fourth-order valence-electron chi connectivity index (χ4n) is 1.99. The smallest absolute Gasteiger partial charge is 0.105 e. The number of benzene rings is 1. The molecule has 0 bridgehead atoms. The number of thiazole rings is 1. The average Bonchev–Trinajstić information content (AvgIpc) is 2.94. The van der Waals surface area contributed by atoms with Crippen LogP contribution in [0.25, 0.3) is 10.2 Å². The number of hydrogen-bond donors (Lipinski definition) is 0. The number of halogens is 1. The Hall–Kier alpha value is -1.32. The molecule has 0 amide bonds. The molecule has 0 saturated carbocycles. The summed E-state index contributed by atoms with van der Waals surface area (Å²) >= 11 is 8.12. The predicted octanol–water partition coefficient (Wildman–Crippen LogP) is 4.72. The minimum atomic E-state index is -0.0793. The van der Waals surface area contributed by atoms with Gasteiger partial charge in [0.25, 0.3) is 0 Å². The van der Waals surface area contributed by atoms with Gasteiger partial charge < -0.3 is 4.42 Å². The average molecular weight is 278 g/mol. The van der Waals surface area contributed by atoms with Crippen molar-refractivity contribution in [3.63, 3.8) is 0 Å². The van der Waals surface area contributed by atoms with Crippen LogP contribution in [-0.2, 0) is 6.42 Å². The van der Waals surface area contributed by atoms with E-state index in [4.69, 9.17) is 16.0 Å². The lowest BCUT2D eigenvalue weighted by Gasteiger charge is -2.05. The number of fused-ring (bicyclic) bond motifs is 1. The molecule has 0 N–H and O–H groups in total. The monoisotopic (exact) mass is 277 g/mol. The number of aromatic nitrogens is 1. The molecule has 2 heterocycles. The van der Waals surface area contributed by atoms with E-state index in [1.165, 1.54) is 4.70 Å². The molecule has 3 rings (SSSR count). The Morgan fingerprint density at radius 1 is 1.33 bits per heavy atom. The van der Waals surface area contributed by atoms with E-state index >= 15 is 0 Å². The normalized spacial score (nSPS) is 13.0. The second-order valence-electron chi connectivity index (χ2n) is 4.18. The van der Waals surface area contributed by atoms with Crippen molar-refractivity contribution in [2.45, 2.75) is 18.7 Å². The molecule has 0 saturated heterocycles. The fourth-order valence-corrected chi connectivity index (χ4v) is 3.47. The van der Waals surface area contributed by atoms with Crippen LogP contribution in [0, 0.1) is 6.92 Å². The molecular weight excluding hydrogens is 266 g/mol. The third-order valence-electron chi connectivity index (χ3n) is 2.93. The van der Waals surface area contributed by atoms with Crippen LogP contribution in [0.5, 0.6) is 0 Å². The summed E-state index contributed by atoms with van der Waals surface area (Å²) in [4.78, 5) is 4.60. The van der Waals surface area contributed by atoms with Gasteiger partial charge in [0, 0.05) is 12.0 Å². The van der Waals surface area contributed by atoms with Gasteiger partial charge in [0.15, 0.2) is 0 Å². The Morgan fingerprint density at radius 2 is 2.17 bits per heavy atom. The van der Waals surface area contributed by atoms with E-state index in [0.29, 0.717) is 0 Å². The molecule has 0 aliphatic rings. The molecular formula is C14H12ClNOS. The Balaban J connectivity index is 1.86. The van der Waals surface area contributed by atoms with Gasteiger partial charge in [0.05, 0.1) is 26.9 Å². The second kappa shape index (κ2) is 4.75. The molecule has 0 radical (unpaired) electrons. The van der Waals surface area contributed by atoms with Crippen molar-refractivity contribution in [3.8, 4) is 0 Å². The third kappa shape index (κ3) is 2.16. The van der Waals surface area contributed by atoms with Crippen LogP contribution in [0.15, 0.2) is 41.0 Å². The predicted molar refractivity (Wildman–Crippen MR) is 75.4 cm³/mol. The maximum atomic E-state index is 6.42. The molecule has 0 aliphatic carbocycles. The van der Waals surface area contributed by atoms with E-state index in [1.807, 2.05) is 31.2 Å². The quantitative estimate of drug-likeness (QED) is 0.648. The maximum Gasteiger partial charge on any atom is 0.105 e. The molecule has 18 heavy (non-hydrogen) atoms. The fraction of sp³-hybridized carbons (Fsp3) is 0.214. The van der Waals surface area contributed by atoms with Gasteiger partial charge >= 0.3 is 0 Å². The number of aryl methyl sites for hydroxylation is 1. The number of rotatable bonds is 3. The topological polar surface area (TPSA) is 26.0 Å². The summed E-state index contributed by atoms with van der Waals surface area (Å²) in [5.41, 5.74) is 2.10. The van der Waals surface area contributed by atoms with Crippen LogP contribution in [0.3, 0.4) is 0 Å². The highest BCUT2D eigenvalue weighted by atomic mass is 35.5. The van der Waals surface area contributed by atoms with Crippen molar-refractivity contribution in [1.29, 1.82) is 0 Å². The standard InChI is InChI=1S/C14H12ClNOS/c1-9-10(6-7-17-9)11(15)8-14-16-12-4-2-3-5-13(12)18-14/h2-7,11H,8H2,1H3. The zero-order chi connectivity index (χ0) is 12.5. The van der Waals surface area contributed by atoms with E-state index < -0.39 is 0 Å². The van der Waals surface area contributed by atoms with Gasteiger partial charge in [-0.25, -0.2) is 4.98 Å². The highest BCUT2D eigenvalue weighted by Gasteiger charge is 2.15. The lowest BCUT2D eigenvalue weighted by atomic mass is 10.1. The van der Waals surface area contributed by atoms with Crippen molar-refractivity contribution < 1.29 is 4.42 Å². The molecule has 0 fully saturated rings. The van der Waals surface area contributed by atoms with E-state index in [2.05, 4.69) is 11.1 Å². The Bertz CT molecular complexity index is 640. The summed E-state index contributed by atoms with van der Waals surface area (Å²) < 4.78 is 6.49. The van der Waals surface area contributed by atoms with Crippen molar-refractivity contribution in [2.75, 3.05) is 0 Å². The summed E-state index contributed by atoms with van der Waals surface area (Å²) in [6, 6.07) is 10.1. The lowest BCUT2D eigenvalue weighted by Crippen LogP contribution is -1.95. The zero-order valence-electron chi connectivity index (χ0n) is 9.89. The number of furan rings is 1. The van der Waals surface area contributed by atoms with Crippen LogP contribution in [0.2, 0.25) is 0 Å². The first-order valence-corrected chi connectivity index (χ1v) is 7.02. The van der Waals surface area contributed by atoms with Gasteiger partial charge in [-0.3, -0.25) is 0 Å². The minimum Gasteiger partial charge on any atom is -0.469 e. The van der Waals surface area contributed by atoms with E-state index in [-0.39, 0.29) is 5.38 Å². The number of nitrogens with zero attached hydrogens (tertiary/aromatic N) is 1. The number of alkyl halides is 1. The van der Waals surface area contributed by atoms with E-state index in [9.17, 15) is 0 Å². The van der Waals surface area contributed by atoms with Gasteiger partial charge in [-0.05, 0) is 25.1 Å². The highest BCUT2D eigenvalue weighted by Crippen LogP contribution is 2.31. The SMILES string of the molecule is Cc1occc1C(Cl)Cc1nc2ccccc2s1. The molecule has 2 nitrogen and oxygen atoms in total. The van der Waals surface area contributed by atoms with Gasteiger partial charge in [-0.2, -0.15) is 0 Å². The summed E-state index contributed by atoms with van der Waals surface area (Å²) in [7, 11) is 0. The molecule has 1 unspecified atom stereocenters. The molecule has 2 aromatic heterocycles. The Morgan fingerprint density at radius 3 is 2.89 bits per heavy atom. The van der Waals surface area contributed by atoms with E-state index in [0.717, 1.165) is 28.3 Å². The van der Waals surface area contributed by atoms with Crippen LogP contribution < -0.4 is 0 Å². The molecule has 3 aromatic rings. The molecule has 0 spiro atoms. The van der Waals surface area contributed by atoms with Gasteiger partial charge in [-0.15, -0.1) is 22.9 Å². The maximum absolute atomic E-state index is 6.42. The van der Waals surface area contributed by atoms with Crippen molar-refractivity contribution in [1.82, 2.24) is 4.98 Å². The Labute approximate surface area is 114 Å². The Kier molecular flexibility index (Phi) is 3.10. The third-order valence-corrected chi connectivity index (χ3v) is 4.38. The first-order chi connectivity index (χ1) is 8.74. The second-order valence-corrected chi connectivity index (χ2v) is 5.82. The van der Waals surface area contributed by atoms with Crippen molar-refractivity contribution in [3.05, 3.63) is 52.9 Å². The van der Waals surface area contributed by atoms with Gasteiger partial charge in [0.1, 0.15) is 5.76 Å². The van der Waals surface area contributed by atoms with Crippen LogP contribution >= 0.6 is 22.9 Å². The first kappa shape index (κ1) is 11.8. The van der Waals surface area contributed by atoms with Crippen molar-refractivity contribution in [2.24, 2.45) is 0 Å². The highest BCUT2D eigenvalue weighted by molar-refractivity contribution is 7.18.